The second-order valence-corrected chi connectivity index (χ2v) is 6.37. The first-order valence-electron chi connectivity index (χ1n) is 8.60. The Bertz CT molecular complexity index is 558. The zero-order chi connectivity index (χ0) is 18.7. The van der Waals surface area contributed by atoms with Crippen molar-refractivity contribution >= 4 is 17.8 Å². The topological polar surface area (TPSA) is 84.5 Å². The predicted molar refractivity (Wildman–Crippen MR) is 95.8 cm³/mol. The van der Waals surface area contributed by atoms with Crippen LogP contribution < -0.4 is 10.6 Å². The zero-order valence-corrected chi connectivity index (χ0v) is 15.2. The zero-order valence-electron chi connectivity index (χ0n) is 15.2. The second-order valence-electron chi connectivity index (χ2n) is 6.37. The molecule has 1 rings (SSSR count). The second kappa shape index (κ2) is 11.2. The van der Waals surface area contributed by atoms with Crippen LogP contribution in [-0.4, -0.2) is 37.5 Å². The standard InChI is InChI=1S/C19H28N2O4/c1-14(2)11-12-20-17(22)9-10-18(23)21-16(19(24)25-3)13-15-7-5-4-6-8-15/h4-8,14,16H,9-13H2,1-3H3,(H,20,22)(H,21,23)/t16-/m0/s1. The lowest BCUT2D eigenvalue weighted by Crippen LogP contribution is -2.43. The highest BCUT2D eigenvalue weighted by atomic mass is 16.5. The number of esters is 1. The van der Waals surface area contributed by atoms with Crippen molar-refractivity contribution in [3.63, 3.8) is 0 Å². The van der Waals surface area contributed by atoms with Crippen molar-refractivity contribution in [3.05, 3.63) is 35.9 Å². The predicted octanol–water partition coefficient (Wildman–Crippen LogP) is 1.83. The van der Waals surface area contributed by atoms with Gasteiger partial charge in [0, 0.05) is 25.8 Å². The molecule has 0 heterocycles. The summed E-state index contributed by atoms with van der Waals surface area (Å²) >= 11 is 0. The Morgan fingerprint density at radius 2 is 1.68 bits per heavy atom. The van der Waals surface area contributed by atoms with E-state index in [0.29, 0.717) is 18.9 Å². The van der Waals surface area contributed by atoms with Crippen LogP contribution in [0.5, 0.6) is 0 Å². The number of hydrogen-bond donors (Lipinski definition) is 2. The summed E-state index contributed by atoms with van der Waals surface area (Å²) in [7, 11) is 1.29. The summed E-state index contributed by atoms with van der Waals surface area (Å²) in [4.78, 5) is 35.6. The molecular formula is C19H28N2O4. The molecule has 1 aromatic rings. The lowest BCUT2D eigenvalue weighted by molar-refractivity contribution is -0.145. The van der Waals surface area contributed by atoms with Crippen LogP contribution in [0.25, 0.3) is 0 Å². The van der Waals surface area contributed by atoms with Gasteiger partial charge in [0.15, 0.2) is 0 Å². The third-order valence-corrected chi connectivity index (χ3v) is 3.73. The van der Waals surface area contributed by atoms with Gasteiger partial charge in [0.1, 0.15) is 6.04 Å². The third kappa shape index (κ3) is 8.88. The molecule has 0 bridgehead atoms. The van der Waals surface area contributed by atoms with Crippen molar-refractivity contribution in [2.24, 2.45) is 5.92 Å². The molecule has 0 aliphatic rings. The van der Waals surface area contributed by atoms with E-state index < -0.39 is 12.0 Å². The monoisotopic (exact) mass is 348 g/mol. The van der Waals surface area contributed by atoms with Crippen LogP contribution in [0.15, 0.2) is 30.3 Å². The fourth-order valence-electron chi connectivity index (χ4n) is 2.27. The number of hydrogen-bond acceptors (Lipinski definition) is 4. The summed E-state index contributed by atoms with van der Waals surface area (Å²) in [5.41, 5.74) is 0.921. The Hall–Kier alpha value is -2.37. The molecule has 1 aromatic carbocycles. The highest BCUT2D eigenvalue weighted by Crippen LogP contribution is 2.05. The van der Waals surface area contributed by atoms with Crippen molar-refractivity contribution < 1.29 is 19.1 Å². The highest BCUT2D eigenvalue weighted by Gasteiger charge is 2.22. The van der Waals surface area contributed by atoms with Crippen LogP contribution in [0.3, 0.4) is 0 Å². The van der Waals surface area contributed by atoms with Gasteiger partial charge in [-0.1, -0.05) is 44.2 Å². The van der Waals surface area contributed by atoms with Crippen molar-refractivity contribution in [3.8, 4) is 0 Å². The summed E-state index contributed by atoms with van der Waals surface area (Å²) in [6.45, 7) is 4.77. The van der Waals surface area contributed by atoms with Gasteiger partial charge in [0.2, 0.25) is 11.8 Å². The molecule has 0 aliphatic heterocycles. The summed E-state index contributed by atoms with van der Waals surface area (Å²) in [6, 6.07) is 8.62. The Balaban J connectivity index is 2.44. The number of carbonyl (C=O) groups is 3. The van der Waals surface area contributed by atoms with Crippen LogP contribution in [0.2, 0.25) is 0 Å². The fraction of sp³-hybridized carbons (Fsp3) is 0.526. The van der Waals surface area contributed by atoms with Gasteiger partial charge >= 0.3 is 5.97 Å². The van der Waals surface area contributed by atoms with Crippen LogP contribution in [0.4, 0.5) is 0 Å². The van der Waals surface area contributed by atoms with Crippen molar-refractivity contribution in [2.45, 2.75) is 45.6 Å². The number of carbonyl (C=O) groups excluding carboxylic acids is 3. The molecule has 1 atom stereocenters. The van der Waals surface area contributed by atoms with Gasteiger partial charge in [-0.25, -0.2) is 4.79 Å². The van der Waals surface area contributed by atoms with Crippen LogP contribution in [-0.2, 0) is 25.5 Å². The van der Waals surface area contributed by atoms with Gasteiger partial charge in [0.05, 0.1) is 7.11 Å². The number of ether oxygens (including phenoxy) is 1. The van der Waals surface area contributed by atoms with E-state index in [-0.39, 0.29) is 24.7 Å². The van der Waals surface area contributed by atoms with E-state index in [1.807, 2.05) is 30.3 Å². The minimum atomic E-state index is -0.760. The first-order chi connectivity index (χ1) is 11.9. The normalized spacial score (nSPS) is 11.7. The lowest BCUT2D eigenvalue weighted by Gasteiger charge is -2.16. The average molecular weight is 348 g/mol. The number of rotatable bonds is 10. The molecule has 0 radical (unpaired) electrons. The minimum Gasteiger partial charge on any atom is -0.467 e. The maximum absolute atomic E-state index is 12.1. The molecule has 6 heteroatoms. The van der Waals surface area contributed by atoms with Gasteiger partial charge < -0.3 is 15.4 Å². The number of nitrogens with one attached hydrogen (secondary N) is 2. The molecule has 138 valence electrons. The van der Waals surface area contributed by atoms with Crippen LogP contribution >= 0.6 is 0 Å². The molecule has 0 spiro atoms. The maximum Gasteiger partial charge on any atom is 0.328 e. The molecule has 0 aromatic heterocycles. The number of benzene rings is 1. The first-order valence-corrected chi connectivity index (χ1v) is 8.60. The summed E-state index contributed by atoms with van der Waals surface area (Å²) in [5, 5.41) is 5.44. The van der Waals surface area contributed by atoms with Crippen LogP contribution in [0, 0.1) is 5.92 Å². The molecule has 0 fully saturated rings. The summed E-state index contributed by atoms with van der Waals surface area (Å²) < 4.78 is 4.75. The van der Waals surface area contributed by atoms with Crippen molar-refractivity contribution in [1.82, 2.24) is 10.6 Å². The van der Waals surface area contributed by atoms with Crippen LogP contribution in [0.1, 0.15) is 38.7 Å². The maximum atomic E-state index is 12.1. The lowest BCUT2D eigenvalue weighted by atomic mass is 10.1. The van der Waals surface area contributed by atoms with E-state index in [2.05, 4.69) is 24.5 Å². The Morgan fingerprint density at radius 1 is 1.04 bits per heavy atom. The van der Waals surface area contributed by atoms with E-state index in [0.717, 1.165) is 12.0 Å². The minimum absolute atomic E-state index is 0.0375. The SMILES string of the molecule is COC(=O)[C@H](Cc1ccccc1)NC(=O)CCC(=O)NCCC(C)C. The summed E-state index contributed by atoms with van der Waals surface area (Å²) in [5.74, 6) is -0.486. The van der Waals surface area contributed by atoms with E-state index in [1.165, 1.54) is 7.11 Å². The molecule has 0 aliphatic carbocycles. The van der Waals surface area contributed by atoms with Crippen molar-refractivity contribution in [1.29, 1.82) is 0 Å². The average Bonchev–Trinajstić information content (AvgIpc) is 2.59. The van der Waals surface area contributed by atoms with Gasteiger partial charge in [0.25, 0.3) is 0 Å². The Labute approximate surface area is 149 Å². The van der Waals surface area contributed by atoms with Gasteiger partial charge in [-0.2, -0.15) is 0 Å². The summed E-state index contributed by atoms with van der Waals surface area (Å²) in [6.07, 6.45) is 1.39. The molecule has 2 N–H and O–H groups in total. The smallest absolute Gasteiger partial charge is 0.328 e. The first kappa shape index (κ1) is 20.7. The molecule has 25 heavy (non-hydrogen) atoms. The van der Waals surface area contributed by atoms with Gasteiger partial charge in [-0.15, -0.1) is 0 Å². The molecular weight excluding hydrogens is 320 g/mol. The van der Waals surface area contributed by atoms with Crippen molar-refractivity contribution in [2.75, 3.05) is 13.7 Å². The number of methoxy groups -OCH3 is 1. The molecule has 2 amide bonds. The highest BCUT2D eigenvalue weighted by molar-refractivity contribution is 5.87. The van der Waals surface area contributed by atoms with E-state index in [9.17, 15) is 14.4 Å². The van der Waals surface area contributed by atoms with E-state index in [1.54, 1.807) is 0 Å². The third-order valence-electron chi connectivity index (χ3n) is 3.73. The van der Waals surface area contributed by atoms with Gasteiger partial charge in [-0.05, 0) is 17.9 Å². The molecule has 0 saturated carbocycles. The molecule has 0 saturated heterocycles. The van der Waals surface area contributed by atoms with E-state index in [4.69, 9.17) is 4.74 Å². The molecule has 6 nitrogen and oxygen atoms in total. The number of amides is 2. The molecule has 0 unspecified atom stereocenters. The Kier molecular flexibility index (Phi) is 9.29. The Morgan fingerprint density at radius 3 is 2.28 bits per heavy atom. The van der Waals surface area contributed by atoms with E-state index >= 15 is 0 Å². The fourth-order valence-corrected chi connectivity index (χ4v) is 2.27. The largest absolute Gasteiger partial charge is 0.467 e. The quantitative estimate of drug-likeness (QED) is 0.632. The van der Waals surface area contributed by atoms with Gasteiger partial charge in [-0.3, -0.25) is 9.59 Å².